The number of hydrogen-bond donors (Lipinski definition) is 2. The molecule has 232 valence electrons. The number of benzene rings is 2. The molecule has 4 amide bonds. The Morgan fingerprint density at radius 1 is 0.864 bits per heavy atom. The van der Waals surface area contributed by atoms with E-state index in [9.17, 15) is 37.5 Å². The summed E-state index contributed by atoms with van der Waals surface area (Å²) in [6.45, 7) is 0. The van der Waals surface area contributed by atoms with Crippen LogP contribution in [0, 0.1) is 46.8 Å². The highest BCUT2D eigenvalue weighted by Crippen LogP contribution is 2.67. The molecule has 2 aromatic rings. The molecule has 0 spiro atoms. The molecule has 2 aromatic carbocycles. The third-order valence-corrected chi connectivity index (χ3v) is 10.3. The maximum Gasteiger partial charge on any atom is 0.258 e. The standard InChI is InChI=1S/C28H19Cl2F5N2O7/c1-43-12-5-8(38)6-13(44-2)15(12)16-9-3-4-10-14(24(40)36-23(10)39)11(9)7-27(29)25(41)37(26(42)28(16,27)30)22-20(34)18(32)17(31)19(33)21(22)35/h3,5-6,10-11,14,16,38H,4,7H2,1-2H3,(H,36,39,40)/t10-,11+,14-,16+,27+,28-/m0/s1. The van der Waals surface area contributed by atoms with Crippen molar-refractivity contribution in [3.8, 4) is 17.2 Å². The summed E-state index contributed by atoms with van der Waals surface area (Å²) >= 11 is 14.1. The number of fused-ring (bicyclic) bond motifs is 4. The molecule has 44 heavy (non-hydrogen) atoms. The fraction of sp³-hybridized carbons (Fsp3) is 0.357. The van der Waals surface area contributed by atoms with E-state index >= 15 is 8.78 Å². The molecule has 1 saturated carbocycles. The van der Waals surface area contributed by atoms with Crippen LogP contribution in [0.3, 0.4) is 0 Å². The van der Waals surface area contributed by atoms with Gasteiger partial charge >= 0.3 is 0 Å². The number of allylic oxidation sites excluding steroid dienone is 2. The average Bonchev–Trinajstić information content (AvgIpc) is 3.36. The topological polar surface area (TPSA) is 122 Å². The van der Waals surface area contributed by atoms with E-state index in [0.29, 0.717) is 0 Å². The van der Waals surface area contributed by atoms with E-state index in [1.54, 1.807) is 0 Å². The van der Waals surface area contributed by atoms with Gasteiger partial charge in [0.15, 0.2) is 33.0 Å². The van der Waals surface area contributed by atoms with Gasteiger partial charge < -0.3 is 14.6 Å². The normalized spacial score (nSPS) is 30.9. The Morgan fingerprint density at radius 2 is 1.41 bits per heavy atom. The Bertz CT molecular complexity index is 1700. The summed E-state index contributed by atoms with van der Waals surface area (Å²) in [5, 5.41) is 12.5. The molecule has 0 bridgehead atoms. The summed E-state index contributed by atoms with van der Waals surface area (Å²) in [5.41, 5.74) is -1.78. The number of amides is 4. The molecule has 3 fully saturated rings. The largest absolute Gasteiger partial charge is 0.508 e. The lowest BCUT2D eigenvalue weighted by atomic mass is 9.56. The van der Waals surface area contributed by atoms with Gasteiger partial charge in [0.25, 0.3) is 11.8 Å². The zero-order valence-corrected chi connectivity index (χ0v) is 24.0. The highest BCUT2D eigenvalue weighted by molar-refractivity contribution is 6.58. The minimum Gasteiger partial charge on any atom is -0.508 e. The second-order valence-corrected chi connectivity index (χ2v) is 12.1. The molecular weight excluding hydrogens is 642 g/mol. The van der Waals surface area contributed by atoms with E-state index in [1.165, 1.54) is 20.3 Å². The van der Waals surface area contributed by atoms with Gasteiger partial charge in [-0.2, -0.15) is 0 Å². The quantitative estimate of drug-likeness (QED) is 0.127. The van der Waals surface area contributed by atoms with Crippen LogP contribution in [-0.2, 0) is 19.2 Å². The first kappa shape index (κ1) is 30.1. The molecule has 0 aromatic heterocycles. The molecule has 6 rings (SSSR count). The summed E-state index contributed by atoms with van der Waals surface area (Å²) in [6, 6.07) is 2.22. The van der Waals surface area contributed by atoms with Gasteiger partial charge in [-0.15, -0.1) is 23.2 Å². The van der Waals surface area contributed by atoms with Gasteiger partial charge in [-0.1, -0.05) is 11.6 Å². The molecule has 9 nitrogen and oxygen atoms in total. The van der Waals surface area contributed by atoms with Gasteiger partial charge in [-0.3, -0.25) is 24.5 Å². The molecule has 0 radical (unpaired) electrons. The van der Waals surface area contributed by atoms with E-state index in [-0.39, 0.29) is 39.7 Å². The van der Waals surface area contributed by atoms with E-state index in [2.05, 4.69) is 5.32 Å². The summed E-state index contributed by atoms with van der Waals surface area (Å²) in [5.74, 6) is -22.4. The van der Waals surface area contributed by atoms with Crippen molar-refractivity contribution in [2.24, 2.45) is 17.8 Å². The molecular formula is C28H19Cl2F5N2O7. The minimum absolute atomic E-state index is 0.0287. The van der Waals surface area contributed by atoms with Crippen LogP contribution in [-0.4, -0.2) is 52.7 Å². The highest BCUT2D eigenvalue weighted by atomic mass is 35.5. The van der Waals surface area contributed by atoms with Gasteiger partial charge in [0.05, 0.1) is 26.1 Å². The van der Waals surface area contributed by atoms with E-state index in [0.717, 1.165) is 12.1 Å². The summed E-state index contributed by atoms with van der Waals surface area (Å²) in [6.07, 6.45) is 0.834. The number of nitrogens with one attached hydrogen (secondary N) is 1. The lowest BCUT2D eigenvalue weighted by molar-refractivity contribution is -0.127. The van der Waals surface area contributed by atoms with Crippen LogP contribution in [0.1, 0.15) is 24.3 Å². The van der Waals surface area contributed by atoms with E-state index in [4.69, 9.17) is 32.7 Å². The number of imide groups is 2. The first-order valence-corrected chi connectivity index (χ1v) is 13.7. The fourth-order valence-corrected chi connectivity index (χ4v) is 7.92. The van der Waals surface area contributed by atoms with Crippen molar-refractivity contribution in [1.29, 1.82) is 0 Å². The molecule has 2 heterocycles. The lowest BCUT2D eigenvalue weighted by Crippen LogP contribution is -2.60. The molecule has 2 saturated heterocycles. The molecule has 0 unspecified atom stereocenters. The summed E-state index contributed by atoms with van der Waals surface area (Å²) in [4.78, 5) is 48.2. The third-order valence-electron chi connectivity index (χ3n) is 8.88. The number of phenolic OH excluding ortho intramolecular Hbond substituents is 1. The second kappa shape index (κ2) is 9.80. The number of methoxy groups -OCH3 is 2. The number of carbonyl (C=O) groups is 4. The first-order valence-electron chi connectivity index (χ1n) is 12.9. The zero-order valence-electron chi connectivity index (χ0n) is 22.4. The van der Waals surface area contributed by atoms with Crippen molar-refractivity contribution in [3.63, 3.8) is 0 Å². The number of halogens is 7. The van der Waals surface area contributed by atoms with Gasteiger partial charge in [0.1, 0.15) is 22.9 Å². The van der Waals surface area contributed by atoms with Crippen molar-refractivity contribution in [2.75, 3.05) is 19.1 Å². The average molecular weight is 661 g/mol. The smallest absolute Gasteiger partial charge is 0.258 e. The van der Waals surface area contributed by atoms with Gasteiger partial charge in [-0.05, 0) is 18.8 Å². The Kier molecular flexibility index (Phi) is 6.71. The number of nitrogens with zero attached hydrogens (tertiary/aromatic N) is 1. The molecule has 6 atom stereocenters. The summed E-state index contributed by atoms with van der Waals surface area (Å²) in [7, 11) is 2.37. The Hall–Kier alpha value is -3.91. The molecule has 2 aliphatic carbocycles. The van der Waals surface area contributed by atoms with Crippen LogP contribution in [0.15, 0.2) is 23.8 Å². The van der Waals surface area contributed by atoms with Crippen molar-refractivity contribution < 1.29 is 55.7 Å². The Labute approximate surface area is 254 Å². The molecule has 16 heteroatoms. The number of anilines is 1. The number of ether oxygens (including phenoxy) is 2. The maximum absolute atomic E-state index is 15.1. The number of rotatable bonds is 4. The predicted octanol–water partition coefficient (Wildman–Crippen LogP) is 3.96. The molecule has 2 N–H and O–H groups in total. The third kappa shape index (κ3) is 3.57. The van der Waals surface area contributed by atoms with Crippen molar-refractivity contribution in [3.05, 3.63) is 58.4 Å². The van der Waals surface area contributed by atoms with Crippen molar-refractivity contribution in [1.82, 2.24) is 5.32 Å². The maximum atomic E-state index is 15.1. The van der Waals surface area contributed by atoms with Crippen molar-refractivity contribution in [2.45, 2.75) is 28.5 Å². The van der Waals surface area contributed by atoms with E-state index in [1.807, 2.05) is 0 Å². The predicted molar refractivity (Wildman–Crippen MR) is 141 cm³/mol. The second-order valence-electron chi connectivity index (χ2n) is 10.8. The van der Waals surface area contributed by atoms with Crippen LogP contribution in [0.2, 0.25) is 0 Å². The van der Waals surface area contributed by atoms with Crippen LogP contribution < -0.4 is 19.7 Å². The molecule has 2 aliphatic heterocycles. The number of alkyl halides is 2. The van der Waals surface area contributed by atoms with Crippen LogP contribution >= 0.6 is 23.2 Å². The summed E-state index contributed by atoms with van der Waals surface area (Å²) < 4.78 is 83.5. The number of hydrogen-bond acceptors (Lipinski definition) is 7. The van der Waals surface area contributed by atoms with Crippen LogP contribution in [0.5, 0.6) is 17.2 Å². The monoisotopic (exact) mass is 660 g/mol. The van der Waals surface area contributed by atoms with Gasteiger partial charge in [0, 0.05) is 23.6 Å². The van der Waals surface area contributed by atoms with E-state index < -0.39 is 98.2 Å². The highest BCUT2D eigenvalue weighted by Gasteiger charge is 2.77. The Balaban J connectivity index is 1.67. The fourth-order valence-electron chi connectivity index (χ4n) is 7.00. The molecule has 4 aliphatic rings. The van der Waals surface area contributed by atoms with Crippen LogP contribution in [0.25, 0.3) is 0 Å². The number of carbonyl (C=O) groups excluding carboxylic acids is 4. The zero-order chi connectivity index (χ0) is 32.2. The minimum atomic E-state index is -2.77. The van der Waals surface area contributed by atoms with Gasteiger partial charge in [-0.25, -0.2) is 26.9 Å². The first-order chi connectivity index (χ1) is 20.6. The van der Waals surface area contributed by atoms with Gasteiger partial charge in [0.2, 0.25) is 17.6 Å². The number of aromatic hydroxyl groups is 1. The number of phenols is 1. The van der Waals surface area contributed by atoms with Crippen molar-refractivity contribution >= 4 is 52.5 Å². The Morgan fingerprint density at radius 3 is 1.95 bits per heavy atom. The SMILES string of the molecule is COc1cc(O)cc(OC)c1[C@H]1C2=CC[C@@H]3C(=O)NC(=O)[C@@H]3[C@@H]2C[C@@]2(Cl)C(=O)N(c3c(F)c(F)c(F)c(F)c3F)C(=O)[C@@]12Cl. The lowest BCUT2D eigenvalue weighted by Gasteiger charge is -2.51. The van der Waals surface area contributed by atoms with Crippen LogP contribution in [0.4, 0.5) is 27.6 Å².